The molecule has 3 heteroatoms. The monoisotopic (exact) mass is 247 g/mol. The van der Waals surface area contributed by atoms with Crippen LogP contribution in [0.2, 0.25) is 0 Å². The molecule has 0 spiro atoms. The highest BCUT2D eigenvalue weighted by molar-refractivity contribution is 5.44. The molecule has 0 unspecified atom stereocenters. The first-order valence-electron chi connectivity index (χ1n) is 6.89. The molecule has 3 rings (SSSR count). The highest BCUT2D eigenvalue weighted by atomic mass is 16.5. The average molecular weight is 247 g/mol. The summed E-state index contributed by atoms with van der Waals surface area (Å²) >= 11 is 0. The molecule has 1 aromatic rings. The summed E-state index contributed by atoms with van der Waals surface area (Å²) in [4.78, 5) is 2.43. The van der Waals surface area contributed by atoms with Crippen molar-refractivity contribution in [1.29, 1.82) is 0 Å². The first-order valence-corrected chi connectivity index (χ1v) is 6.89. The van der Waals surface area contributed by atoms with Gasteiger partial charge in [-0.25, -0.2) is 0 Å². The van der Waals surface area contributed by atoms with Crippen LogP contribution in [0, 0.1) is 0 Å². The zero-order chi connectivity index (χ0) is 12.5. The highest BCUT2D eigenvalue weighted by Crippen LogP contribution is 2.39. The second kappa shape index (κ2) is 4.90. The maximum absolute atomic E-state index is 10.4. The fourth-order valence-corrected chi connectivity index (χ4v) is 3.44. The van der Waals surface area contributed by atoms with E-state index >= 15 is 0 Å². The van der Waals surface area contributed by atoms with Crippen molar-refractivity contribution in [3.05, 3.63) is 29.3 Å². The van der Waals surface area contributed by atoms with Crippen LogP contribution < -0.4 is 4.74 Å². The van der Waals surface area contributed by atoms with Gasteiger partial charge in [-0.2, -0.15) is 0 Å². The van der Waals surface area contributed by atoms with Crippen LogP contribution in [0.1, 0.15) is 36.4 Å². The Labute approximate surface area is 108 Å². The molecule has 2 atom stereocenters. The Morgan fingerprint density at radius 1 is 1.28 bits per heavy atom. The molecule has 0 aromatic heterocycles. The van der Waals surface area contributed by atoms with Gasteiger partial charge in [0.05, 0.1) is 19.3 Å². The van der Waals surface area contributed by atoms with E-state index in [2.05, 4.69) is 11.0 Å². The van der Waals surface area contributed by atoms with Gasteiger partial charge in [0.25, 0.3) is 0 Å². The Balaban J connectivity index is 2.00. The maximum Gasteiger partial charge on any atom is 0.122 e. The number of rotatable bonds is 2. The summed E-state index contributed by atoms with van der Waals surface area (Å²) in [6.45, 7) is 2.22. The predicted octanol–water partition coefficient (Wildman–Crippen LogP) is 2.14. The summed E-state index contributed by atoms with van der Waals surface area (Å²) in [6, 6.07) is 6.39. The number of likely N-dealkylation sites (tertiary alicyclic amines) is 1. The van der Waals surface area contributed by atoms with Crippen LogP contribution in [0.4, 0.5) is 0 Å². The molecule has 1 aliphatic heterocycles. The van der Waals surface area contributed by atoms with Gasteiger partial charge in [0.15, 0.2) is 0 Å². The Hall–Kier alpha value is -1.06. The molecule has 1 aromatic carbocycles. The van der Waals surface area contributed by atoms with Crippen molar-refractivity contribution >= 4 is 0 Å². The Morgan fingerprint density at radius 2 is 2.06 bits per heavy atom. The summed E-state index contributed by atoms with van der Waals surface area (Å²) < 4.78 is 5.46. The summed E-state index contributed by atoms with van der Waals surface area (Å²) in [6.07, 6.45) is 4.03. The van der Waals surface area contributed by atoms with E-state index in [4.69, 9.17) is 4.74 Å². The molecule has 2 aliphatic rings. The van der Waals surface area contributed by atoms with E-state index in [1.807, 2.05) is 12.1 Å². The second-order valence-electron chi connectivity index (χ2n) is 5.32. The summed E-state index contributed by atoms with van der Waals surface area (Å²) in [5.74, 6) is 0.976. The molecule has 1 saturated heterocycles. The molecule has 98 valence electrons. The van der Waals surface area contributed by atoms with Gasteiger partial charge in [0.2, 0.25) is 0 Å². The summed E-state index contributed by atoms with van der Waals surface area (Å²) in [7, 11) is 1.73. The van der Waals surface area contributed by atoms with Gasteiger partial charge in [0.1, 0.15) is 5.75 Å². The fourth-order valence-electron chi connectivity index (χ4n) is 3.44. The van der Waals surface area contributed by atoms with Gasteiger partial charge in [-0.15, -0.1) is 0 Å². The number of nitrogens with zero attached hydrogens (tertiary/aromatic N) is 1. The zero-order valence-electron chi connectivity index (χ0n) is 10.9. The number of hydrogen-bond acceptors (Lipinski definition) is 3. The third kappa shape index (κ3) is 1.91. The molecular weight excluding hydrogens is 226 g/mol. The minimum atomic E-state index is -0.234. The van der Waals surface area contributed by atoms with Gasteiger partial charge in [-0.3, -0.25) is 4.90 Å². The number of benzene rings is 1. The van der Waals surface area contributed by atoms with Gasteiger partial charge < -0.3 is 9.84 Å². The van der Waals surface area contributed by atoms with E-state index in [-0.39, 0.29) is 12.1 Å². The minimum Gasteiger partial charge on any atom is -0.496 e. The zero-order valence-corrected chi connectivity index (χ0v) is 10.9. The van der Waals surface area contributed by atoms with Crippen molar-refractivity contribution in [2.45, 2.75) is 37.8 Å². The van der Waals surface area contributed by atoms with Crippen molar-refractivity contribution in [3.63, 3.8) is 0 Å². The largest absolute Gasteiger partial charge is 0.496 e. The van der Waals surface area contributed by atoms with Crippen LogP contribution >= 0.6 is 0 Å². The van der Waals surface area contributed by atoms with Crippen LogP contribution in [-0.4, -0.2) is 36.3 Å². The molecule has 0 saturated carbocycles. The van der Waals surface area contributed by atoms with Crippen LogP contribution in [-0.2, 0) is 6.42 Å². The molecule has 0 amide bonds. The van der Waals surface area contributed by atoms with E-state index in [1.165, 1.54) is 24.0 Å². The Bertz CT molecular complexity index is 427. The van der Waals surface area contributed by atoms with E-state index in [1.54, 1.807) is 7.11 Å². The first-order chi connectivity index (χ1) is 8.81. The second-order valence-corrected chi connectivity index (χ2v) is 5.32. The van der Waals surface area contributed by atoms with E-state index in [0.717, 1.165) is 31.7 Å². The third-order valence-corrected chi connectivity index (χ3v) is 4.30. The number of aliphatic hydroxyl groups is 1. The van der Waals surface area contributed by atoms with E-state index < -0.39 is 0 Å². The number of ether oxygens (including phenoxy) is 1. The lowest BCUT2D eigenvalue weighted by Gasteiger charge is -2.37. The number of hydrogen-bond donors (Lipinski definition) is 1. The van der Waals surface area contributed by atoms with Gasteiger partial charge in [-0.1, -0.05) is 12.1 Å². The fraction of sp³-hybridized carbons (Fsp3) is 0.600. The highest BCUT2D eigenvalue weighted by Gasteiger charge is 2.35. The smallest absolute Gasteiger partial charge is 0.122 e. The lowest BCUT2D eigenvalue weighted by atomic mass is 9.84. The lowest BCUT2D eigenvalue weighted by molar-refractivity contribution is 0.0475. The molecule has 1 fully saturated rings. The molecule has 0 bridgehead atoms. The van der Waals surface area contributed by atoms with Crippen molar-refractivity contribution < 1.29 is 9.84 Å². The van der Waals surface area contributed by atoms with Gasteiger partial charge in [-0.05, 0) is 56.0 Å². The Kier molecular flexibility index (Phi) is 3.27. The van der Waals surface area contributed by atoms with Crippen molar-refractivity contribution in [2.24, 2.45) is 0 Å². The SMILES string of the molecule is COc1cccc2c1CC[C@H](O)[C@H]2N1CCCC1. The first kappa shape index (κ1) is 12.0. The van der Waals surface area contributed by atoms with Crippen LogP contribution in [0.3, 0.4) is 0 Å². The minimum absolute atomic E-state index is 0.173. The molecule has 0 radical (unpaired) electrons. The van der Waals surface area contributed by atoms with Crippen LogP contribution in [0.5, 0.6) is 5.75 Å². The summed E-state index contributed by atoms with van der Waals surface area (Å²) in [5.41, 5.74) is 2.57. The topological polar surface area (TPSA) is 32.7 Å². The number of methoxy groups -OCH3 is 1. The van der Waals surface area contributed by atoms with Crippen molar-refractivity contribution in [3.8, 4) is 5.75 Å². The summed E-state index contributed by atoms with van der Waals surface area (Å²) in [5, 5.41) is 10.4. The van der Waals surface area contributed by atoms with Crippen molar-refractivity contribution in [1.82, 2.24) is 4.90 Å². The molecule has 1 N–H and O–H groups in total. The number of aliphatic hydroxyl groups excluding tert-OH is 1. The van der Waals surface area contributed by atoms with Gasteiger partial charge >= 0.3 is 0 Å². The maximum atomic E-state index is 10.4. The predicted molar refractivity (Wildman–Crippen MR) is 70.9 cm³/mol. The Morgan fingerprint density at radius 3 is 2.78 bits per heavy atom. The number of fused-ring (bicyclic) bond motifs is 1. The average Bonchev–Trinajstić information content (AvgIpc) is 2.91. The molecular formula is C15H21NO2. The molecule has 1 aliphatic carbocycles. The lowest BCUT2D eigenvalue weighted by Crippen LogP contribution is -2.38. The van der Waals surface area contributed by atoms with Gasteiger partial charge in [0, 0.05) is 0 Å². The van der Waals surface area contributed by atoms with Crippen LogP contribution in [0.25, 0.3) is 0 Å². The molecule has 3 nitrogen and oxygen atoms in total. The standard InChI is InChI=1S/C15H21NO2/c1-18-14-6-4-5-12-11(14)7-8-13(17)15(12)16-9-2-3-10-16/h4-6,13,15,17H,2-3,7-10H2,1H3/t13-,15-/m0/s1. The normalized spacial score (nSPS) is 28.1. The van der Waals surface area contributed by atoms with Crippen molar-refractivity contribution in [2.75, 3.05) is 20.2 Å². The van der Waals surface area contributed by atoms with E-state index in [9.17, 15) is 5.11 Å². The van der Waals surface area contributed by atoms with Crippen LogP contribution in [0.15, 0.2) is 18.2 Å². The third-order valence-electron chi connectivity index (χ3n) is 4.30. The molecule has 1 heterocycles. The van der Waals surface area contributed by atoms with E-state index in [0.29, 0.717) is 0 Å². The molecule has 18 heavy (non-hydrogen) atoms. The quantitative estimate of drug-likeness (QED) is 0.869.